The van der Waals surface area contributed by atoms with Crippen LogP contribution < -0.4 is 10.2 Å². The van der Waals surface area contributed by atoms with E-state index in [1.165, 1.54) is 11.1 Å². The molecule has 0 unspecified atom stereocenters. The Hall–Kier alpha value is -2.07. The first kappa shape index (κ1) is 33.0. The van der Waals surface area contributed by atoms with Crippen LogP contribution in [0.2, 0.25) is 10.0 Å². The molecule has 0 atom stereocenters. The van der Waals surface area contributed by atoms with Crippen molar-refractivity contribution < 1.29 is 26.7 Å². The van der Waals surface area contributed by atoms with E-state index in [0.717, 1.165) is 24.2 Å². The van der Waals surface area contributed by atoms with E-state index in [4.69, 9.17) is 23.2 Å². The fourth-order valence-corrected chi connectivity index (χ4v) is 4.88. The van der Waals surface area contributed by atoms with Gasteiger partial charge in [-0.05, 0) is 58.1 Å². The fourth-order valence-electron chi connectivity index (χ4n) is 3.95. The van der Waals surface area contributed by atoms with E-state index in [2.05, 4.69) is 42.0 Å². The maximum absolute atomic E-state index is 12.2. The molecule has 0 aliphatic carbocycles. The van der Waals surface area contributed by atoms with E-state index in [0.29, 0.717) is 11.1 Å². The minimum Gasteiger partial charge on any atom is -0.873 e. The summed E-state index contributed by atoms with van der Waals surface area (Å²) in [6, 6.07) is 12.2. The second-order valence-corrected chi connectivity index (χ2v) is 11.4. The number of benzene rings is 2. The molecule has 0 bridgehead atoms. The van der Waals surface area contributed by atoms with Crippen molar-refractivity contribution in [3.8, 4) is 11.5 Å². The predicted molar refractivity (Wildman–Crippen MR) is 149 cm³/mol. The molecule has 3 aromatic rings. The van der Waals surface area contributed by atoms with Crippen LogP contribution in [0.15, 0.2) is 47.6 Å². The number of pyridine rings is 1. The van der Waals surface area contributed by atoms with Gasteiger partial charge in [-0.1, -0.05) is 103 Å². The molecule has 0 amide bonds. The second-order valence-electron chi connectivity index (χ2n) is 10.7. The molecule has 0 N–H and O–H groups in total. The van der Waals surface area contributed by atoms with Gasteiger partial charge in [-0.3, -0.25) is 9.98 Å². The maximum atomic E-state index is 12.2. The molecule has 0 saturated heterocycles. The number of nitrogens with zero attached hydrogens (tertiary/aromatic N) is 2. The summed E-state index contributed by atoms with van der Waals surface area (Å²) in [6.07, 6.45) is 5.63. The van der Waals surface area contributed by atoms with Crippen LogP contribution in [-0.4, -0.2) is 11.2 Å². The van der Waals surface area contributed by atoms with Crippen molar-refractivity contribution in [2.24, 2.45) is 4.99 Å². The Morgan fingerprint density at radius 2 is 1.24 bits per heavy atom. The van der Waals surface area contributed by atoms with Gasteiger partial charge in [-0.2, -0.15) is 0 Å². The average molecular weight is 586 g/mol. The van der Waals surface area contributed by atoms with Crippen LogP contribution in [0.25, 0.3) is 0 Å². The Balaban J connectivity index is 0.000000360. The van der Waals surface area contributed by atoms with E-state index in [9.17, 15) is 10.2 Å². The second kappa shape index (κ2) is 13.6. The fraction of sp³-hybridized carbons (Fsp3) is 0.400. The standard InChI is InChI=1S/C16H18N2.C14H20Cl2O2.Ni/c1-3-13-8-7-9-14(4-2)16(13)18-12-15-10-5-6-11-17-15;1-13(2,3)7-9(15)10(16)8(14(4,5)6)12(18)11(7)17;/h5-12H,3-4H2,1-2H3;17-18H,1-6H3;/q;;+2/p-2. The van der Waals surface area contributed by atoms with Crippen LogP contribution >= 0.6 is 23.2 Å². The quantitative estimate of drug-likeness (QED) is 0.233. The van der Waals surface area contributed by atoms with Gasteiger partial charge < -0.3 is 10.2 Å². The van der Waals surface area contributed by atoms with Crippen LogP contribution in [0.1, 0.15) is 83.3 Å². The molecule has 37 heavy (non-hydrogen) atoms. The first-order valence-corrected chi connectivity index (χ1v) is 12.9. The molecule has 0 spiro atoms. The van der Waals surface area contributed by atoms with Gasteiger partial charge in [0.05, 0.1) is 27.6 Å². The van der Waals surface area contributed by atoms with Crippen molar-refractivity contribution in [3.63, 3.8) is 0 Å². The molecule has 0 fully saturated rings. The summed E-state index contributed by atoms with van der Waals surface area (Å²) in [6.45, 7) is 15.3. The van der Waals surface area contributed by atoms with Gasteiger partial charge in [0.2, 0.25) is 0 Å². The number of hydrogen-bond donors (Lipinski definition) is 0. The minimum absolute atomic E-state index is 0. The van der Waals surface area contributed by atoms with E-state index in [1.54, 1.807) is 6.20 Å². The summed E-state index contributed by atoms with van der Waals surface area (Å²) < 4.78 is 0. The molecular formula is C30H36Cl2N2NiO2. The van der Waals surface area contributed by atoms with Crippen molar-refractivity contribution in [1.82, 2.24) is 4.98 Å². The van der Waals surface area contributed by atoms with Crippen LogP contribution in [0.5, 0.6) is 11.5 Å². The van der Waals surface area contributed by atoms with Gasteiger partial charge in [0, 0.05) is 6.20 Å². The third-order valence-electron chi connectivity index (χ3n) is 5.77. The zero-order valence-corrected chi connectivity index (χ0v) is 25.3. The Labute approximate surface area is 242 Å². The summed E-state index contributed by atoms with van der Waals surface area (Å²) >= 11 is 12.4. The molecule has 0 radical (unpaired) electrons. The molecule has 0 saturated carbocycles. The number of halogens is 2. The van der Waals surface area contributed by atoms with Crippen molar-refractivity contribution >= 4 is 35.1 Å². The summed E-state index contributed by atoms with van der Waals surface area (Å²) in [4.78, 5) is 8.89. The molecule has 3 rings (SSSR count). The number of aromatic nitrogens is 1. The summed E-state index contributed by atoms with van der Waals surface area (Å²) in [5.74, 6) is -1.08. The largest absolute Gasteiger partial charge is 2.00 e. The zero-order chi connectivity index (χ0) is 27.3. The Morgan fingerprint density at radius 3 is 1.59 bits per heavy atom. The third kappa shape index (κ3) is 8.21. The number of aliphatic imine (C=N–C) groups is 1. The molecule has 0 aliphatic heterocycles. The van der Waals surface area contributed by atoms with Crippen LogP contribution in [-0.2, 0) is 40.2 Å². The molecule has 2 aromatic carbocycles. The van der Waals surface area contributed by atoms with Crippen LogP contribution in [0.4, 0.5) is 5.69 Å². The number of para-hydroxylation sites is 1. The topological polar surface area (TPSA) is 71.4 Å². The van der Waals surface area contributed by atoms with Crippen molar-refractivity contribution in [2.45, 2.75) is 79.1 Å². The Morgan fingerprint density at radius 1 is 0.784 bits per heavy atom. The van der Waals surface area contributed by atoms with Gasteiger partial charge in [0.15, 0.2) is 0 Å². The Kier molecular flexibility index (Phi) is 12.2. The van der Waals surface area contributed by atoms with Crippen molar-refractivity contribution in [3.05, 3.63) is 80.6 Å². The van der Waals surface area contributed by atoms with E-state index < -0.39 is 22.3 Å². The molecule has 0 aliphatic rings. The van der Waals surface area contributed by atoms with E-state index >= 15 is 0 Å². The first-order valence-electron chi connectivity index (χ1n) is 12.2. The SMILES string of the molecule is CC(C)(C)c1c([O-])c([O-])c(C(C)(C)C)c(Cl)c1Cl.CCc1cccc(CC)c1N=Cc1ccccn1.[Ni+2]. The molecule has 4 nitrogen and oxygen atoms in total. The minimum atomic E-state index is -0.540. The zero-order valence-electron chi connectivity index (χ0n) is 22.8. The number of hydrogen-bond acceptors (Lipinski definition) is 4. The normalized spacial score (nSPS) is 11.6. The molecule has 7 heteroatoms. The monoisotopic (exact) mass is 584 g/mol. The van der Waals surface area contributed by atoms with E-state index in [1.807, 2.05) is 66.0 Å². The molecule has 1 heterocycles. The predicted octanol–water partition coefficient (Wildman–Crippen LogP) is 7.69. The molecule has 202 valence electrons. The summed E-state index contributed by atoms with van der Waals surface area (Å²) in [5.41, 5.74) is 4.17. The number of rotatable bonds is 4. The van der Waals surface area contributed by atoms with Gasteiger partial charge in [-0.15, -0.1) is 11.5 Å². The van der Waals surface area contributed by atoms with Crippen molar-refractivity contribution in [1.29, 1.82) is 0 Å². The van der Waals surface area contributed by atoms with Crippen LogP contribution in [0, 0.1) is 0 Å². The third-order valence-corrected chi connectivity index (χ3v) is 6.62. The van der Waals surface area contributed by atoms with E-state index in [-0.39, 0.29) is 26.5 Å². The maximum Gasteiger partial charge on any atom is 2.00 e. The molecule has 1 aromatic heterocycles. The average Bonchev–Trinajstić information content (AvgIpc) is 2.80. The van der Waals surface area contributed by atoms with Gasteiger partial charge >= 0.3 is 16.5 Å². The van der Waals surface area contributed by atoms with Crippen LogP contribution in [0.3, 0.4) is 0 Å². The smallest absolute Gasteiger partial charge is 0.873 e. The summed E-state index contributed by atoms with van der Waals surface area (Å²) in [7, 11) is 0. The first-order chi connectivity index (χ1) is 16.7. The number of aryl methyl sites for hydroxylation is 2. The van der Waals surface area contributed by atoms with Gasteiger partial charge in [0.1, 0.15) is 0 Å². The Bertz CT molecular complexity index is 1120. The van der Waals surface area contributed by atoms with Gasteiger partial charge in [-0.25, -0.2) is 0 Å². The van der Waals surface area contributed by atoms with Crippen molar-refractivity contribution in [2.75, 3.05) is 0 Å². The summed E-state index contributed by atoms with van der Waals surface area (Å²) in [5, 5.41) is 24.8. The molecular weight excluding hydrogens is 550 g/mol. The van der Waals surface area contributed by atoms with Gasteiger partial charge in [0.25, 0.3) is 0 Å².